The molecule has 106 valence electrons. The molecule has 0 aliphatic heterocycles. The van der Waals surface area contributed by atoms with Crippen LogP contribution in [0.4, 0.5) is 0 Å². The van der Waals surface area contributed by atoms with E-state index in [4.69, 9.17) is 5.73 Å². The third kappa shape index (κ3) is 4.58. The molecule has 1 atom stereocenters. The molecule has 2 N–H and O–H groups in total. The molecule has 0 radical (unpaired) electrons. The number of halogens is 1. The summed E-state index contributed by atoms with van der Waals surface area (Å²) < 4.78 is 1.11. The first-order valence-electron chi connectivity index (χ1n) is 6.61. The summed E-state index contributed by atoms with van der Waals surface area (Å²) in [5, 5.41) is 0. The first kappa shape index (κ1) is 15.5. The van der Waals surface area contributed by atoms with Crippen LogP contribution in [0.2, 0.25) is 0 Å². The summed E-state index contributed by atoms with van der Waals surface area (Å²) in [6.45, 7) is 2.09. The molecule has 1 aromatic carbocycles. The molecule has 0 aliphatic carbocycles. The number of aromatic nitrogens is 2. The van der Waals surface area contributed by atoms with E-state index in [-0.39, 0.29) is 6.04 Å². The second-order valence-corrected chi connectivity index (χ2v) is 6.47. The number of rotatable bonds is 6. The van der Waals surface area contributed by atoms with Gasteiger partial charge >= 0.3 is 0 Å². The van der Waals surface area contributed by atoms with Crippen LogP contribution in [-0.4, -0.2) is 16.0 Å². The summed E-state index contributed by atoms with van der Waals surface area (Å²) in [6, 6.07) is 8.36. The van der Waals surface area contributed by atoms with Gasteiger partial charge in [-0.1, -0.05) is 19.1 Å². The molecular weight excluding hydrogens is 334 g/mol. The van der Waals surface area contributed by atoms with Crippen molar-refractivity contribution in [2.24, 2.45) is 5.73 Å². The summed E-state index contributed by atoms with van der Waals surface area (Å²) in [5.41, 5.74) is 7.04. The molecule has 1 aromatic heterocycles. The Morgan fingerprint density at radius 2 is 1.95 bits per heavy atom. The Morgan fingerprint density at radius 1 is 1.25 bits per heavy atom. The number of nitrogens with two attached hydrogens (primary N) is 1. The molecule has 0 saturated carbocycles. The van der Waals surface area contributed by atoms with Gasteiger partial charge in [-0.15, -0.1) is 11.8 Å². The Morgan fingerprint density at radius 3 is 2.60 bits per heavy atom. The van der Waals surface area contributed by atoms with Gasteiger partial charge in [-0.25, -0.2) is 9.97 Å². The quantitative estimate of drug-likeness (QED) is 0.804. The molecule has 2 aromatic rings. The van der Waals surface area contributed by atoms with Crippen molar-refractivity contribution in [1.29, 1.82) is 0 Å². The fourth-order valence-electron chi connectivity index (χ4n) is 1.71. The molecule has 0 aliphatic rings. The zero-order valence-electron chi connectivity index (χ0n) is 11.4. The fourth-order valence-corrected chi connectivity index (χ4v) is 3.16. The van der Waals surface area contributed by atoms with Crippen LogP contribution in [0.25, 0.3) is 0 Å². The van der Waals surface area contributed by atoms with Gasteiger partial charge in [0.2, 0.25) is 0 Å². The maximum Gasteiger partial charge on any atom is 0.138 e. The number of hydrogen-bond donors (Lipinski definition) is 1. The zero-order chi connectivity index (χ0) is 14.4. The van der Waals surface area contributed by atoms with E-state index >= 15 is 0 Å². The topological polar surface area (TPSA) is 51.8 Å². The van der Waals surface area contributed by atoms with Crippen LogP contribution in [0, 0.1) is 0 Å². The van der Waals surface area contributed by atoms with Crippen molar-refractivity contribution in [1.82, 2.24) is 9.97 Å². The maximum absolute atomic E-state index is 5.93. The Labute approximate surface area is 132 Å². The Kier molecular flexibility index (Phi) is 6.01. The van der Waals surface area contributed by atoms with Gasteiger partial charge in [0, 0.05) is 27.8 Å². The van der Waals surface area contributed by atoms with E-state index in [9.17, 15) is 0 Å². The van der Waals surface area contributed by atoms with Gasteiger partial charge in [0.15, 0.2) is 0 Å². The lowest BCUT2D eigenvalue weighted by Crippen LogP contribution is -2.21. The average Bonchev–Trinajstić information content (AvgIpc) is 2.48. The summed E-state index contributed by atoms with van der Waals surface area (Å²) in [7, 11) is 0. The van der Waals surface area contributed by atoms with Crippen LogP contribution in [0.1, 0.15) is 24.7 Å². The molecule has 0 amide bonds. The van der Waals surface area contributed by atoms with Gasteiger partial charge in [-0.2, -0.15) is 0 Å². The third-order valence-corrected chi connectivity index (χ3v) is 5.00. The molecule has 0 bridgehead atoms. The number of hydrogen-bond acceptors (Lipinski definition) is 4. The minimum atomic E-state index is 0.194. The summed E-state index contributed by atoms with van der Waals surface area (Å²) >= 11 is 5.27. The zero-order valence-corrected chi connectivity index (χ0v) is 13.8. The van der Waals surface area contributed by atoms with E-state index in [1.807, 2.05) is 30.6 Å². The lowest BCUT2D eigenvalue weighted by atomic mass is 10.1. The minimum Gasteiger partial charge on any atom is -0.327 e. The molecule has 0 fully saturated rings. The number of nitrogens with zero attached hydrogens (tertiary/aromatic N) is 2. The maximum atomic E-state index is 5.93. The lowest BCUT2D eigenvalue weighted by Gasteiger charge is -2.08. The van der Waals surface area contributed by atoms with Gasteiger partial charge in [0.1, 0.15) is 5.82 Å². The SMILES string of the molecule is CCC(N)Cc1cnc(CSc2ccccc2Br)nc1. The fraction of sp³-hybridized carbons (Fsp3) is 0.333. The van der Waals surface area contributed by atoms with Crippen LogP contribution in [-0.2, 0) is 12.2 Å². The molecule has 2 rings (SSSR count). The molecular formula is C15H18BrN3S. The largest absolute Gasteiger partial charge is 0.327 e. The second kappa shape index (κ2) is 7.76. The van der Waals surface area contributed by atoms with Crippen LogP contribution in [0.5, 0.6) is 0 Å². The van der Waals surface area contributed by atoms with Gasteiger partial charge < -0.3 is 5.73 Å². The van der Waals surface area contributed by atoms with E-state index in [0.29, 0.717) is 0 Å². The van der Waals surface area contributed by atoms with E-state index < -0.39 is 0 Å². The van der Waals surface area contributed by atoms with Crippen molar-refractivity contribution in [3.63, 3.8) is 0 Å². The van der Waals surface area contributed by atoms with Gasteiger partial charge in [-0.3, -0.25) is 0 Å². The van der Waals surface area contributed by atoms with E-state index in [1.54, 1.807) is 11.8 Å². The smallest absolute Gasteiger partial charge is 0.138 e. The summed E-state index contributed by atoms with van der Waals surface area (Å²) in [5.74, 6) is 1.61. The van der Waals surface area contributed by atoms with Crippen molar-refractivity contribution in [2.75, 3.05) is 0 Å². The highest BCUT2D eigenvalue weighted by Crippen LogP contribution is 2.28. The van der Waals surface area contributed by atoms with Crippen LogP contribution in [0.15, 0.2) is 46.0 Å². The van der Waals surface area contributed by atoms with Crippen molar-refractivity contribution in [3.05, 3.63) is 52.5 Å². The molecule has 1 heterocycles. The van der Waals surface area contributed by atoms with Gasteiger partial charge in [0.05, 0.1) is 5.75 Å². The van der Waals surface area contributed by atoms with E-state index in [0.717, 1.165) is 34.5 Å². The average molecular weight is 352 g/mol. The molecule has 1 unspecified atom stereocenters. The minimum absolute atomic E-state index is 0.194. The number of benzene rings is 1. The van der Waals surface area contributed by atoms with Crippen LogP contribution < -0.4 is 5.73 Å². The molecule has 3 nitrogen and oxygen atoms in total. The van der Waals surface area contributed by atoms with Crippen LogP contribution >= 0.6 is 27.7 Å². The van der Waals surface area contributed by atoms with Crippen molar-refractivity contribution >= 4 is 27.7 Å². The Hall–Kier alpha value is -0.910. The predicted molar refractivity (Wildman–Crippen MR) is 87.7 cm³/mol. The van der Waals surface area contributed by atoms with E-state index in [2.05, 4.69) is 38.9 Å². The summed E-state index contributed by atoms with van der Waals surface area (Å²) in [4.78, 5) is 10.0. The molecule has 5 heteroatoms. The summed E-state index contributed by atoms with van der Waals surface area (Å²) in [6.07, 6.45) is 5.59. The lowest BCUT2D eigenvalue weighted by molar-refractivity contribution is 0.642. The highest BCUT2D eigenvalue weighted by atomic mass is 79.9. The Balaban J connectivity index is 1.92. The van der Waals surface area contributed by atoms with Crippen molar-refractivity contribution in [3.8, 4) is 0 Å². The molecule has 20 heavy (non-hydrogen) atoms. The molecule has 0 spiro atoms. The Bertz CT molecular complexity index is 545. The predicted octanol–water partition coefficient (Wildman–Crippen LogP) is 3.81. The highest BCUT2D eigenvalue weighted by molar-refractivity contribution is 9.10. The monoisotopic (exact) mass is 351 g/mol. The van der Waals surface area contributed by atoms with Crippen LogP contribution in [0.3, 0.4) is 0 Å². The van der Waals surface area contributed by atoms with Crippen molar-refractivity contribution in [2.45, 2.75) is 36.5 Å². The van der Waals surface area contributed by atoms with Gasteiger partial charge in [0.25, 0.3) is 0 Å². The highest BCUT2D eigenvalue weighted by Gasteiger charge is 2.05. The number of thioether (sulfide) groups is 1. The third-order valence-electron chi connectivity index (χ3n) is 2.97. The second-order valence-electron chi connectivity index (χ2n) is 4.60. The first-order chi connectivity index (χ1) is 9.69. The van der Waals surface area contributed by atoms with Gasteiger partial charge in [-0.05, 0) is 46.5 Å². The molecule has 0 saturated heterocycles. The van der Waals surface area contributed by atoms with E-state index in [1.165, 1.54) is 4.90 Å². The normalized spacial score (nSPS) is 12.3. The van der Waals surface area contributed by atoms with Crippen molar-refractivity contribution < 1.29 is 0 Å². The standard InChI is InChI=1S/C15H18BrN3S/c1-2-12(17)7-11-8-18-15(19-9-11)10-20-14-6-4-3-5-13(14)16/h3-6,8-9,12H,2,7,10,17H2,1H3. The first-order valence-corrected chi connectivity index (χ1v) is 8.39.